The molecule has 0 atom stereocenters. The number of rotatable bonds is 2. The third-order valence-corrected chi connectivity index (χ3v) is 4.38. The Morgan fingerprint density at radius 3 is 2.79 bits per heavy atom. The average molecular weight is 357 g/mol. The van der Waals surface area contributed by atoms with Crippen LogP contribution in [0.2, 0.25) is 5.02 Å². The fourth-order valence-corrected chi connectivity index (χ4v) is 3.15. The van der Waals surface area contributed by atoms with E-state index in [0.717, 1.165) is 8.66 Å². The van der Waals surface area contributed by atoms with E-state index in [1.54, 1.807) is 18.2 Å². The van der Waals surface area contributed by atoms with Crippen molar-refractivity contribution in [3.05, 3.63) is 39.1 Å². The van der Waals surface area contributed by atoms with Crippen molar-refractivity contribution in [2.75, 3.05) is 5.73 Å². The van der Waals surface area contributed by atoms with E-state index in [1.165, 1.54) is 11.3 Å². The summed E-state index contributed by atoms with van der Waals surface area (Å²) in [6, 6.07) is 9.02. The van der Waals surface area contributed by atoms with Crippen molar-refractivity contribution in [2.45, 2.75) is 0 Å². The molecule has 1 aromatic carbocycles. The zero-order valence-electron chi connectivity index (χ0n) is 9.43. The molecule has 19 heavy (non-hydrogen) atoms. The molecule has 2 heterocycles. The first kappa shape index (κ1) is 12.7. The lowest BCUT2D eigenvalue weighted by molar-refractivity contribution is 0.432. The van der Waals surface area contributed by atoms with Crippen molar-refractivity contribution in [1.82, 2.24) is 10.1 Å². The minimum atomic E-state index is 0.379. The minimum Gasteiger partial charge on any atom is -0.399 e. The number of aromatic nitrogens is 2. The molecule has 0 saturated carbocycles. The van der Waals surface area contributed by atoms with Crippen molar-refractivity contribution in [1.29, 1.82) is 0 Å². The first-order valence-electron chi connectivity index (χ1n) is 5.28. The third-order valence-electron chi connectivity index (χ3n) is 2.44. The van der Waals surface area contributed by atoms with Crippen LogP contribution >= 0.6 is 38.9 Å². The van der Waals surface area contributed by atoms with E-state index in [9.17, 15) is 0 Å². The Balaban J connectivity index is 2.01. The van der Waals surface area contributed by atoms with E-state index in [0.29, 0.717) is 28.0 Å². The van der Waals surface area contributed by atoms with Gasteiger partial charge in [-0.15, -0.1) is 11.3 Å². The number of thiophene rings is 1. The normalized spacial score (nSPS) is 10.8. The number of hydrogen-bond acceptors (Lipinski definition) is 5. The van der Waals surface area contributed by atoms with Gasteiger partial charge in [0.05, 0.1) is 19.2 Å². The van der Waals surface area contributed by atoms with Gasteiger partial charge in [-0.2, -0.15) is 4.98 Å². The lowest BCUT2D eigenvalue weighted by atomic mass is 10.2. The summed E-state index contributed by atoms with van der Waals surface area (Å²) in [4.78, 5) is 5.27. The van der Waals surface area contributed by atoms with Gasteiger partial charge in [0, 0.05) is 5.69 Å². The van der Waals surface area contributed by atoms with Gasteiger partial charge in [-0.25, -0.2) is 0 Å². The van der Waals surface area contributed by atoms with Crippen molar-refractivity contribution >= 4 is 44.6 Å². The summed E-state index contributed by atoms with van der Waals surface area (Å²) in [5, 5.41) is 4.44. The molecule has 0 fully saturated rings. The predicted molar refractivity (Wildman–Crippen MR) is 80.2 cm³/mol. The maximum Gasteiger partial charge on any atom is 0.259 e. The number of nitrogens with two attached hydrogens (primary N) is 1. The van der Waals surface area contributed by atoms with Crippen molar-refractivity contribution in [3.8, 4) is 22.2 Å². The Morgan fingerprint density at radius 1 is 1.26 bits per heavy atom. The largest absolute Gasteiger partial charge is 0.399 e. The molecule has 3 aromatic rings. The van der Waals surface area contributed by atoms with Crippen molar-refractivity contribution in [2.24, 2.45) is 0 Å². The molecular weight excluding hydrogens is 350 g/mol. The molecule has 0 radical (unpaired) electrons. The molecule has 0 saturated heterocycles. The molecule has 0 aliphatic rings. The summed E-state index contributed by atoms with van der Waals surface area (Å²) in [5.74, 6) is 0.920. The molecule has 4 nitrogen and oxygen atoms in total. The van der Waals surface area contributed by atoms with E-state index >= 15 is 0 Å². The highest BCUT2D eigenvalue weighted by Crippen LogP contribution is 2.33. The number of anilines is 1. The molecule has 0 spiro atoms. The van der Waals surface area contributed by atoms with Gasteiger partial charge in [-0.3, -0.25) is 0 Å². The summed E-state index contributed by atoms with van der Waals surface area (Å²) in [7, 11) is 0. The molecule has 0 aliphatic carbocycles. The summed E-state index contributed by atoms with van der Waals surface area (Å²) in [6.07, 6.45) is 0. The van der Waals surface area contributed by atoms with Crippen molar-refractivity contribution in [3.63, 3.8) is 0 Å². The molecule has 2 N–H and O–H groups in total. The first-order valence-corrected chi connectivity index (χ1v) is 7.27. The lowest BCUT2D eigenvalue weighted by Gasteiger charge is -1.99. The second-order valence-corrected chi connectivity index (χ2v) is 6.64. The van der Waals surface area contributed by atoms with Crippen LogP contribution in [-0.2, 0) is 0 Å². The van der Waals surface area contributed by atoms with Crippen LogP contribution in [0.15, 0.2) is 38.6 Å². The van der Waals surface area contributed by atoms with Gasteiger partial charge in [0.2, 0.25) is 5.82 Å². The number of nitrogens with zero attached hydrogens (tertiary/aromatic N) is 2. The molecule has 2 aromatic heterocycles. The van der Waals surface area contributed by atoms with Gasteiger partial charge < -0.3 is 10.3 Å². The Labute approximate surface area is 126 Å². The summed E-state index contributed by atoms with van der Waals surface area (Å²) >= 11 is 11.0. The average Bonchev–Trinajstić information content (AvgIpc) is 2.97. The van der Waals surface area contributed by atoms with Gasteiger partial charge in [-0.1, -0.05) is 16.8 Å². The van der Waals surface area contributed by atoms with Crippen LogP contribution in [0, 0.1) is 0 Å². The van der Waals surface area contributed by atoms with Crippen LogP contribution in [0.25, 0.3) is 22.2 Å². The fourth-order valence-electron chi connectivity index (χ4n) is 1.57. The van der Waals surface area contributed by atoms with Gasteiger partial charge in [0.1, 0.15) is 0 Å². The lowest BCUT2D eigenvalue weighted by Crippen LogP contribution is -1.86. The van der Waals surface area contributed by atoms with Crippen LogP contribution in [-0.4, -0.2) is 10.1 Å². The molecular formula is C12H7BrClN3OS. The molecule has 3 rings (SSSR count). The fraction of sp³-hybridized carbons (Fsp3) is 0. The second-order valence-electron chi connectivity index (χ2n) is 3.77. The summed E-state index contributed by atoms with van der Waals surface area (Å²) in [6.45, 7) is 0. The minimum absolute atomic E-state index is 0.379. The molecule has 0 amide bonds. The van der Waals surface area contributed by atoms with Crippen molar-refractivity contribution < 1.29 is 4.52 Å². The number of nitrogen functional groups attached to an aromatic ring is 1. The molecule has 0 unspecified atom stereocenters. The monoisotopic (exact) mass is 355 g/mol. The van der Waals surface area contributed by atoms with Crippen LogP contribution < -0.4 is 5.73 Å². The summed E-state index contributed by atoms with van der Waals surface area (Å²) in [5.41, 5.74) is 6.91. The maximum absolute atomic E-state index is 6.11. The van der Waals surface area contributed by atoms with E-state index in [2.05, 4.69) is 26.1 Å². The quantitative estimate of drug-likeness (QED) is 0.688. The smallest absolute Gasteiger partial charge is 0.259 e. The SMILES string of the molecule is Nc1ccc(-c2nc(-c3ccc(Br)s3)no2)c(Cl)c1. The highest BCUT2D eigenvalue weighted by Gasteiger charge is 2.14. The Hall–Kier alpha value is -1.37. The van der Waals surface area contributed by atoms with E-state index in [1.807, 2.05) is 12.1 Å². The Bertz CT molecular complexity index is 740. The highest BCUT2D eigenvalue weighted by molar-refractivity contribution is 9.11. The number of hydrogen-bond donors (Lipinski definition) is 1. The van der Waals surface area contributed by atoms with Crippen LogP contribution in [0.5, 0.6) is 0 Å². The topological polar surface area (TPSA) is 64.9 Å². The standard InChI is InChI=1S/C12H7BrClN3OS/c13-10-4-3-9(19-10)11-16-12(18-17-11)7-2-1-6(15)5-8(7)14/h1-5H,15H2. The zero-order valence-corrected chi connectivity index (χ0v) is 12.6. The van der Waals surface area contributed by atoms with Gasteiger partial charge in [0.25, 0.3) is 5.89 Å². The second kappa shape index (κ2) is 4.96. The van der Waals surface area contributed by atoms with Gasteiger partial charge >= 0.3 is 0 Å². The zero-order chi connectivity index (χ0) is 13.4. The Morgan fingerprint density at radius 2 is 2.11 bits per heavy atom. The van der Waals surface area contributed by atoms with Crippen LogP contribution in [0.4, 0.5) is 5.69 Å². The van der Waals surface area contributed by atoms with Crippen LogP contribution in [0.3, 0.4) is 0 Å². The van der Waals surface area contributed by atoms with Gasteiger partial charge in [-0.05, 0) is 46.3 Å². The molecule has 0 bridgehead atoms. The molecule has 7 heteroatoms. The first-order chi connectivity index (χ1) is 9.13. The number of benzene rings is 1. The van der Waals surface area contributed by atoms with Gasteiger partial charge in [0.15, 0.2) is 0 Å². The van der Waals surface area contributed by atoms with E-state index < -0.39 is 0 Å². The molecule has 96 valence electrons. The van der Waals surface area contributed by atoms with E-state index in [4.69, 9.17) is 21.9 Å². The molecule has 0 aliphatic heterocycles. The third kappa shape index (κ3) is 2.51. The number of halogens is 2. The Kier molecular flexibility index (Phi) is 3.30. The van der Waals surface area contributed by atoms with E-state index in [-0.39, 0.29) is 0 Å². The maximum atomic E-state index is 6.11. The highest BCUT2D eigenvalue weighted by atomic mass is 79.9. The summed E-state index contributed by atoms with van der Waals surface area (Å²) < 4.78 is 6.25. The predicted octanol–water partition coefficient (Wildman–Crippen LogP) is 4.46. The van der Waals surface area contributed by atoms with Crippen LogP contribution in [0.1, 0.15) is 0 Å².